The van der Waals surface area contributed by atoms with Crippen LogP contribution < -0.4 is 10.3 Å². The third-order valence-electron chi connectivity index (χ3n) is 5.90. The molecular formula is C24H33N3O4. The Morgan fingerprint density at radius 1 is 1.35 bits per heavy atom. The molecular weight excluding hydrogens is 394 g/mol. The van der Waals surface area contributed by atoms with E-state index in [1.54, 1.807) is 14.1 Å². The molecule has 2 aromatic rings. The first-order valence-corrected chi connectivity index (χ1v) is 10.8. The van der Waals surface area contributed by atoms with Gasteiger partial charge in [0.2, 0.25) is 0 Å². The first kappa shape index (κ1) is 22.8. The Balaban J connectivity index is 2.25. The number of aromatic amines is 1. The highest BCUT2D eigenvalue weighted by atomic mass is 16.5. The zero-order valence-electron chi connectivity index (χ0n) is 19.5. The Bertz CT molecular complexity index is 1060. The Labute approximate surface area is 183 Å². The standard InChI is InChI=1S/C24H33N3O4/c1-8-9-10-31-16-12-14-11-15(24(3,4)5)17-20(19(14)25-13(16)2)26-22(29)18(21(17)28)23(30)27(6)7/h12,15H,8-11H2,1-7H3,(H2,26,28,29). The molecule has 31 heavy (non-hydrogen) atoms. The Kier molecular flexibility index (Phi) is 6.16. The second kappa shape index (κ2) is 8.36. The quantitative estimate of drug-likeness (QED) is 0.703. The molecule has 2 N–H and O–H groups in total. The summed E-state index contributed by atoms with van der Waals surface area (Å²) in [6.45, 7) is 10.9. The van der Waals surface area contributed by atoms with E-state index in [1.165, 1.54) is 4.90 Å². The van der Waals surface area contributed by atoms with Crippen molar-refractivity contribution in [2.45, 2.75) is 59.8 Å². The van der Waals surface area contributed by atoms with Gasteiger partial charge in [0.25, 0.3) is 11.5 Å². The average Bonchev–Trinajstić information content (AvgIpc) is 2.67. The zero-order chi connectivity index (χ0) is 23.1. The van der Waals surface area contributed by atoms with Gasteiger partial charge >= 0.3 is 0 Å². The number of nitrogens with zero attached hydrogens (tertiary/aromatic N) is 2. The highest BCUT2D eigenvalue weighted by Crippen LogP contribution is 2.50. The van der Waals surface area contributed by atoms with Crippen LogP contribution in [-0.2, 0) is 6.42 Å². The largest absolute Gasteiger partial charge is 0.507 e. The van der Waals surface area contributed by atoms with Gasteiger partial charge in [-0.3, -0.25) is 9.59 Å². The van der Waals surface area contributed by atoms with Gasteiger partial charge in [-0.25, -0.2) is 4.98 Å². The summed E-state index contributed by atoms with van der Waals surface area (Å²) in [7, 11) is 3.12. The van der Waals surface area contributed by atoms with Gasteiger partial charge in [-0.15, -0.1) is 0 Å². The van der Waals surface area contributed by atoms with Crippen molar-refractivity contribution >= 4 is 5.91 Å². The molecule has 1 aliphatic carbocycles. The van der Waals surface area contributed by atoms with Gasteiger partial charge in [0, 0.05) is 19.7 Å². The van der Waals surface area contributed by atoms with Crippen LogP contribution in [0.1, 0.15) is 73.6 Å². The topological polar surface area (TPSA) is 95.5 Å². The molecule has 1 amide bonds. The fraction of sp³-hybridized carbons (Fsp3) is 0.542. The number of amides is 1. The molecule has 7 nitrogen and oxygen atoms in total. The number of fused-ring (bicyclic) bond motifs is 3. The number of nitrogens with one attached hydrogen (secondary N) is 1. The van der Waals surface area contributed by atoms with Crippen molar-refractivity contribution in [1.29, 1.82) is 0 Å². The Morgan fingerprint density at radius 2 is 2.03 bits per heavy atom. The van der Waals surface area contributed by atoms with Gasteiger partial charge < -0.3 is 19.7 Å². The van der Waals surface area contributed by atoms with Crippen molar-refractivity contribution in [2.75, 3.05) is 20.7 Å². The number of carbonyl (C=O) groups is 1. The van der Waals surface area contributed by atoms with E-state index < -0.39 is 11.5 Å². The molecule has 1 unspecified atom stereocenters. The SMILES string of the molecule is CCCCOc1cc2c(nc1C)-c1[nH]c(=O)c(C(=O)N(C)C)c(O)c1C(C(C)(C)C)C2. The monoisotopic (exact) mass is 427 g/mol. The molecule has 0 fully saturated rings. The number of pyridine rings is 2. The smallest absolute Gasteiger partial charge is 0.265 e. The molecule has 168 valence electrons. The molecule has 1 aliphatic rings. The number of carbonyl (C=O) groups excluding carboxylic acids is 1. The maximum Gasteiger partial charge on any atom is 0.265 e. The summed E-state index contributed by atoms with van der Waals surface area (Å²) in [6, 6.07) is 2.00. The summed E-state index contributed by atoms with van der Waals surface area (Å²) in [5.41, 5.74) is 2.32. The summed E-state index contributed by atoms with van der Waals surface area (Å²) in [5, 5.41) is 11.1. The van der Waals surface area contributed by atoms with E-state index >= 15 is 0 Å². The van der Waals surface area contributed by atoms with Gasteiger partial charge in [0.05, 0.1) is 23.7 Å². The van der Waals surface area contributed by atoms with Crippen LogP contribution in [0.4, 0.5) is 0 Å². The third-order valence-corrected chi connectivity index (χ3v) is 5.90. The van der Waals surface area contributed by atoms with Crippen molar-refractivity contribution in [3.63, 3.8) is 0 Å². The number of hydrogen-bond acceptors (Lipinski definition) is 5. The molecule has 0 aromatic carbocycles. The molecule has 0 bridgehead atoms. The van der Waals surface area contributed by atoms with Crippen LogP contribution in [0.2, 0.25) is 0 Å². The van der Waals surface area contributed by atoms with Gasteiger partial charge in [0.1, 0.15) is 17.1 Å². The van der Waals surface area contributed by atoms with Gasteiger partial charge in [-0.05, 0) is 42.7 Å². The molecule has 0 spiro atoms. The lowest BCUT2D eigenvalue weighted by atomic mass is 9.69. The molecule has 0 radical (unpaired) electrons. The maximum atomic E-state index is 12.8. The van der Waals surface area contributed by atoms with Crippen LogP contribution in [0.15, 0.2) is 10.9 Å². The van der Waals surface area contributed by atoms with E-state index in [4.69, 9.17) is 9.72 Å². The Hall–Kier alpha value is -2.83. The number of aryl methyl sites for hydroxylation is 1. The van der Waals surface area contributed by atoms with Crippen molar-refractivity contribution < 1.29 is 14.6 Å². The molecule has 2 aromatic heterocycles. The lowest BCUT2D eigenvalue weighted by Crippen LogP contribution is -2.33. The number of rotatable bonds is 5. The summed E-state index contributed by atoms with van der Waals surface area (Å²) in [4.78, 5) is 34.3. The minimum atomic E-state index is -0.613. The number of ether oxygens (including phenoxy) is 1. The summed E-state index contributed by atoms with van der Waals surface area (Å²) in [6.07, 6.45) is 2.64. The second-order valence-corrected chi connectivity index (χ2v) is 9.57. The van der Waals surface area contributed by atoms with E-state index in [0.29, 0.717) is 30.0 Å². The first-order chi connectivity index (χ1) is 14.5. The maximum absolute atomic E-state index is 12.8. The van der Waals surface area contributed by atoms with E-state index in [1.807, 2.05) is 13.0 Å². The average molecular weight is 428 g/mol. The van der Waals surface area contributed by atoms with E-state index in [0.717, 1.165) is 29.8 Å². The second-order valence-electron chi connectivity index (χ2n) is 9.57. The number of H-pyrrole nitrogens is 1. The van der Waals surface area contributed by atoms with Gasteiger partial charge in [-0.1, -0.05) is 34.1 Å². The number of aromatic hydroxyl groups is 1. The highest BCUT2D eigenvalue weighted by molar-refractivity contribution is 5.97. The van der Waals surface area contributed by atoms with Crippen LogP contribution in [0.5, 0.6) is 11.5 Å². The van der Waals surface area contributed by atoms with Crippen molar-refractivity contribution in [1.82, 2.24) is 14.9 Å². The summed E-state index contributed by atoms with van der Waals surface area (Å²) in [5.74, 6) is -0.141. The van der Waals surface area contributed by atoms with Crippen LogP contribution in [0.25, 0.3) is 11.4 Å². The van der Waals surface area contributed by atoms with Gasteiger partial charge in [-0.2, -0.15) is 0 Å². The predicted molar refractivity (Wildman–Crippen MR) is 121 cm³/mol. The third kappa shape index (κ3) is 4.18. The molecule has 0 saturated heterocycles. The number of aromatic nitrogens is 2. The first-order valence-electron chi connectivity index (χ1n) is 10.8. The highest BCUT2D eigenvalue weighted by Gasteiger charge is 2.39. The fourth-order valence-electron chi connectivity index (χ4n) is 4.08. The fourth-order valence-corrected chi connectivity index (χ4v) is 4.08. The molecule has 2 heterocycles. The normalized spacial score (nSPS) is 15.3. The minimum absolute atomic E-state index is 0.117. The number of hydrogen-bond donors (Lipinski definition) is 2. The van der Waals surface area contributed by atoms with E-state index in [2.05, 4.69) is 32.7 Å². The summed E-state index contributed by atoms with van der Waals surface area (Å²) >= 11 is 0. The van der Waals surface area contributed by atoms with E-state index in [9.17, 15) is 14.7 Å². The van der Waals surface area contributed by atoms with Crippen LogP contribution in [0.3, 0.4) is 0 Å². The zero-order valence-corrected chi connectivity index (χ0v) is 19.5. The van der Waals surface area contributed by atoms with Crippen LogP contribution in [-0.4, -0.2) is 46.6 Å². The van der Waals surface area contributed by atoms with E-state index in [-0.39, 0.29) is 22.6 Å². The molecule has 7 heteroatoms. The number of unbranched alkanes of at least 4 members (excludes halogenated alkanes) is 1. The minimum Gasteiger partial charge on any atom is -0.507 e. The van der Waals surface area contributed by atoms with Crippen molar-refractivity contribution in [2.24, 2.45) is 5.41 Å². The molecule has 3 rings (SSSR count). The Morgan fingerprint density at radius 3 is 2.61 bits per heavy atom. The lowest BCUT2D eigenvalue weighted by Gasteiger charge is -2.37. The van der Waals surface area contributed by atoms with Crippen LogP contribution >= 0.6 is 0 Å². The lowest BCUT2D eigenvalue weighted by molar-refractivity contribution is 0.0822. The predicted octanol–water partition coefficient (Wildman–Crippen LogP) is 4.02. The van der Waals surface area contributed by atoms with Gasteiger partial charge in [0.15, 0.2) is 0 Å². The summed E-state index contributed by atoms with van der Waals surface area (Å²) < 4.78 is 5.94. The van der Waals surface area contributed by atoms with Crippen LogP contribution in [0, 0.1) is 12.3 Å². The van der Waals surface area contributed by atoms with Crippen molar-refractivity contribution in [3.8, 4) is 22.9 Å². The molecule has 0 saturated carbocycles. The van der Waals surface area contributed by atoms with Crippen molar-refractivity contribution in [3.05, 3.63) is 38.8 Å². The molecule has 1 atom stereocenters. The molecule has 0 aliphatic heterocycles.